The molecule has 4 amide bonds. The van der Waals surface area contributed by atoms with Crippen molar-refractivity contribution in [3.63, 3.8) is 0 Å². The lowest BCUT2D eigenvalue weighted by Crippen LogP contribution is -2.33. The van der Waals surface area contributed by atoms with Crippen LogP contribution >= 0.6 is 23.1 Å². The predicted molar refractivity (Wildman–Crippen MR) is 196 cm³/mol. The molecule has 12 nitrogen and oxygen atoms in total. The van der Waals surface area contributed by atoms with Crippen LogP contribution < -0.4 is 25.4 Å². The number of fused-ring (bicyclic) bond motifs is 1. The van der Waals surface area contributed by atoms with Gasteiger partial charge in [-0.2, -0.15) is 0 Å². The predicted octanol–water partition coefficient (Wildman–Crippen LogP) is 5.60. The molecule has 0 bridgehead atoms. The molecule has 0 saturated heterocycles. The summed E-state index contributed by atoms with van der Waals surface area (Å²) in [5.74, 6) is -1.00. The second kappa shape index (κ2) is 16.9. The summed E-state index contributed by atoms with van der Waals surface area (Å²) < 4.78 is 15.8. The van der Waals surface area contributed by atoms with Crippen LogP contribution in [0.2, 0.25) is 0 Å². The van der Waals surface area contributed by atoms with Crippen LogP contribution in [0.5, 0.6) is 11.5 Å². The molecule has 5 rings (SSSR count). The van der Waals surface area contributed by atoms with Crippen molar-refractivity contribution in [2.45, 2.75) is 24.8 Å². The smallest absolute Gasteiger partial charge is 0.341 e. The van der Waals surface area contributed by atoms with Crippen LogP contribution in [0, 0.1) is 0 Å². The number of anilines is 2. The van der Waals surface area contributed by atoms with Gasteiger partial charge in [0.1, 0.15) is 22.2 Å². The number of methoxy groups -OCH3 is 3. The molecule has 0 spiro atoms. The Labute approximate surface area is 303 Å². The van der Waals surface area contributed by atoms with Crippen molar-refractivity contribution in [2.24, 2.45) is 0 Å². The second-order valence-electron chi connectivity index (χ2n) is 11.2. The van der Waals surface area contributed by atoms with E-state index in [1.54, 1.807) is 77.7 Å². The lowest BCUT2D eigenvalue weighted by Gasteiger charge is -2.25. The number of thiophene rings is 1. The molecule has 0 unspecified atom stereocenters. The van der Waals surface area contributed by atoms with Gasteiger partial charge in [0.25, 0.3) is 11.8 Å². The molecule has 0 atom stereocenters. The van der Waals surface area contributed by atoms with Crippen molar-refractivity contribution in [3.8, 4) is 11.5 Å². The van der Waals surface area contributed by atoms with Crippen molar-refractivity contribution in [1.29, 1.82) is 0 Å². The molecule has 3 N–H and O–H groups in total. The van der Waals surface area contributed by atoms with Crippen LogP contribution in [-0.4, -0.2) is 68.1 Å². The molecule has 0 fully saturated rings. The molecule has 4 aromatic rings. The van der Waals surface area contributed by atoms with Gasteiger partial charge < -0.3 is 35.1 Å². The van der Waals surface area contributed by atoms with Gasteiger partial charge in [0.05, 0.1) is 39.2 Å². The van der Waals surface area contributed by atoms with Crippen molar-refractivity contribution in [1.82, 2.24) is 10.2 Å². The monoisotopic (exact) mass is 728 g/mol. The maximum Gasteiger partial charge on any atom is 0.341 e. The largest absolute Gasteiger partial charge is 0.497 e. The molecule has 1 aromatic heterocycles. The van der Waals surface area contributed by atoms with Gasteiger partial charge in [-0.05, 0) is 60.5 Å². The lowest BCUT2D eigenvalue weighted by atomic mass is 10.0. The van der Waals surface area contributed by atoms with Gasteiger partial charge in [-0.1, -0.05) is 24.3 Å². The summed E-state index contributed by atoms with van der Waals surface area (Å²) in [4.78, 5) is 67.7. The maximum absolute atomic E-state index is 13.7. The average Bonchev–Trinajstić information content (AvgIpc) is 3.50. The van der Waals surface area contributed by atoms with Gasteiger partial charge in [-0.3, -0.25) is 19.2 Å². The van der Waals surface area contributed by atoms with E-state index in [4.69, 9.17) is 14.2 Å². The minimum Gasteiger partial charge on any atom is -0.497 e. The Kier molecular flexibility index (Phi) is 12.1. The number of thioether (sulfide) groups is 1. The first-order valence-electron chi connectivity index (χ1n) is 15.7. The molecule has 0 aliphatic carbocycles. The fourth-order valence-electron chi connectivity index (χ4n) is 5.29. The Morgan fingerprint density at radius 2 is 1.71 bits per heavy atom. The maximum atomic E-state index is 13.7. The Morgan fingerprint density at radius 3 is 2.41 bits per heavy atom. The van der Waals surface area contributed by atoms with Crippen LogP contribution in [0.1, 0.15) is 43.6 Å². The van der Waals surface area contributed by atoms with E-state index in [0.717, 1.165) is 10.4 Å². The van der Waals surface area contributed by atoms with E-state index in [0.29, 0.717) is 63.3 Å². The van der Waals surface area contributed by atoms with Crippen LogP contribution in [-0.2, 0) is 32.1 Å². The number of nitrogens with one attached hydrogen (secondary N) is 3. The molecule has 0 saturated carbocycles. The molecule has 1 aliphatic heterocycles. The minimum atomic E-state index is -0.586. The second-order valence-corrected chi connectivity index (χ2v) is 13.3. The Hall–Kier alpha value is -5.60. The first-order chi connectivity index (χ1) is 24.6. The van der Waals surface area contributed by atoms with E-state index in [-0.39, 0.29) is 23.3 Å². The fourth-order valence-corrected chi connectivity index (χ4v) is 7.31. The highest BCUT2D eigenvalue weighted by molar-refractivity contribution is 8.00. The Bertz CT molecular complexity index is 1990. The molecular formula is C37H36N4O8S2. The first kappa shape index (κ1) is 36.7. The van der Waals surface area contributed by atoms with Crippen LogP contribution in [0.15, 0.2) is 83.4 Å². The SMILES string of the molecule is COC(=O)c1c(NC(=O)CSc2cccc(NC(=O)/C(=C\c3ccc(OC)cc3OC)NC(=O)c3ccccc3)c2)sc2c1CCN(C(C)=O)C2. The van der Waals surface area contributed by atoms with E-state index < -0.39 is 17.8 Å². The number of benzene rings is 3. The van der Waals surface area contributed by atoms with E-state index in [1.807, 2.05) is 0 Å². The number of esters is 1. The van der Waals surface area contributed by atoms with Gasteiger partial charge in [0, 0.05) is 46.1 Å². The Balaban J connectivity index is 1.30. The summed E-state index contributed by atoms with van der Waals surface area (Å²) in [7, 11) is 4.31. The number of amides is 4. The van der Waals surface area contributed by atoms with Gasteiger partial charge in [-0.15, -0.1) is 23.1 Å². The third kappa shape index (κ3) is 9.15. The highest BCUT2D eigenvalue weighted by Gasteiger charge is 2.30. The van der Waals surface area contributed by atoms with Crippen molar-refractivity contribution < 1.29 is 38.2 Å². The summed E-state index contributed by atoms with van der Waals surface area (Å²) in [6.45, 7) is 2.34. The molecule has 3 aromatic carbocycles. The number of ether oxygens (including phenoxy) is 3. The van der Waals surface area contributed by atoms with E-state index in [1.165, 1.54) is 57.4 Å². The van der Waals surface area contributed by atoms with Crippen LogP contribution in [0.4, 0.5) is 10.7 Å². The number of nitrogens with zero attached hydrogens (tertiary/aromatic N) is 1. The summed E-state index contributed by atoms with van der Waals surface area (Å²) >= 11 is 2.50. The van der Waals surface area contributed by atoms with Crippen LogP contribution in [0.25, 0.3) is 6.08 Å². The highest BCUT2D eigenvalue weighted by atomic mass is 32.2. The molecule has 51 heavy (non-hydrogen) atoms. The van der Waals surface area contributed by atoms with E-state index >= 15 is 0 Å². The number of rotatable bonds is 12. The zero-order chi connectivity index (χ0) is 36.5. The summed E-state index contributed by atoms with van der Waals surface area (Å²) in [6.07, 6.45) is 2.00. The summed E-state index contributed by atoms with van der Waals surface area (Å²) in [5, 5.41) is 8.78. The van der Waals surface area contributed by atoms with Gasteiger partial charge in [0.15, 0.2) is 0 Å². The summed E-state index contributed by atoms with van der Waals surface area (Å²) in [6, 6.07) is 20.5. The molecule has 1 aliphatic rings. The Morgan fingerprint density at radius 1 is 0.922 bits per heavy atom. The topological polar surface area (TPSA) is 152 Å². The molecular weight excluding hydrogens is 693 g/mol. The van der Waals surface area contributed by atoms with Gasteiger partial charge in [0.2, 0.25) is 11.8 Å². The van der Waals surface area contributed by atoms with Crippen LogP contribution in [0.3, 0.4) is 0 Å². The number of hydrogen-bond donors (Lipinski definition) is 3. The van der Waals surface area contributed by atoms with Crippen molar-refractivity contribution in [2.75, 3.05) is 44.3 Å². The third-order valence-corrected chi connectivity index (χ3v) is 10.0. The van der Waals surface area contributed by atoms with E-state index in [2.05, 4.69) is 16.0 Å². The van der Waals surface area contributed by atoms with Crippen molar-refractivity contribution >= 4 is 69.5 Å². The number of carbonyl (C=O) groups excluding carboxylic acids is 5. The average molecular weight is 729 g/mol. The fraction of sp³-hybridized carbons (Fsp3) is 0.216. The van der Waals surface area contributed by atoms with Gasteiger partial charge >= 0.3 is 5.97 Å². The zero-order valence-corrected chi connectivity index (χ0v) is 30.0. The lowest BCUT2D eigenvalue weighted by molar-refractivity contribution is -0.129. The molecule has 0 radical (unpaired) electrons. The summed E-state index contributed by atoms with van der Waals surface area (Å²) in [5.41, 5.74) is 2.41. The van der Waals surface area contributed by atoms with Crippen molar-refractivity contribution in [3.05, 3.63) is 106 Å². The minimum absolute atomic E-state index is 0.00962. The van der Waals surface area contributed by atoms with E-state index in [9.17, 15) is 24.0 Å². The number of hydrogen-bond acceptors (Lipinski definition) is 10. The molecule has 264 valence electrons. The molecule has 2 heterocycles. The highest BCUT2D eigenvalue weighted by Crippen LogP contribution is 2.38. The first-order valence-corrected chi connectivity index (χ1v) is 17.5. The normalized spacial score (nSPS) is 12.3. The third-order valence-electron chi connectivity index (χ3n) is 7.88. The molecule has 14 heteroatoms. The quantitative estimate of drug-likeness (QED) is 0.0963. The standard InChI is InChI=1S/C37H36N4O8S2/c1-22(42)41-16-15-28-31(20-41)51-36(33(28)37(46)49-4)40-32(43)21-50-27-12-8-11-25(18-27)38-35(45)29(39-34(44)23-9-6-5-7-10-23)17-24-13-14-26(47-2)19-30(24)48-3/h5-14,17-19H,15-16,20-21H2,1-4H3,(H,38,45)(H,39,44)(H,40,43)/b29-17+. The van der Waals surface area contributed by atoms with Gasteiger partial charge in [-0.25, -0.2) is 4.79 Å². The number of carbonyl (C=O) groups is 5. The zero-order valence-electron chi connectivity index (χ0n) is 28.4.